The van der Waals surface area contributed by atoms with Gasteiger partial charge in [0.25, 0.3) is 0 Å². The molecule has 5 nitrogen and oxygen atoms in total. The van der Waals surface area contributed by atoms with Crippen molar-refractivity contribution in [3.63, 3.8) is 0 Å². The molecule has 0 radical (unpaired) electrons. The lowest BCUT2D eigenvalue weighted by Crippen LogP contribution is -2.09. The Morgan fingerprint density at radius 2 is 2.18 bits per heavy atom. The highest BCUT2D eigenvalue weighted by atomic mass is 16.5. The van der Waals surface area contributed by atoms with Gasteiger partial charge in [-0.1, -0.05) is 6.07 Å². The summed E-state index contributed by atoms with van der Waals surface area (Å²) in [6.45, 7) is 1.89. The van der Waals surface area contributed by atoms with Crippen molar-refractivity contribution < 1.29 is 19.4 Å². The zero-order chi connectivity index (χ0) is 12.4. The average Bonchev–Trinajstić information content (AvgIpc) is 2.68. The first-order valence-corrected chi connectivity index (χ1v) is 5.15. The fourth-order valence-electron chi connectivity index (χ4n) is 1.70. The molecule has 2 aromatic heterocycles. The third-order valence-corrected chi connectivity index (χ3v) is 2.39. The van der Waals surface area contributed by atoms with E-state index < -0.39 is 11.9 Å². The SMILES string of the molecule is CCOC(=O)c1c(C(=O)O)cn2ccccc12. The molecule has 88 valence electrons. The Labute approximate surface area is 97.2 Å². The molecule has 2 rings (SSSR count). The number of carboxylic acids is 1. The molecule has 0 fully saturated rings. The third-order valence-electron chi connectivity index (χ3n) is 2.39. The van der Waals surface area contributed by atoms with Crippen LogP contribution in [0.25, 0.3) is 5.52 Å². The van der Waals surface area contributed by atoms with Gasteiger partial charge in [0.1, 0.15) is 0 Å². The van der Waals surface area contributed by atoms with Crippen LogP contribution in [0.5, 0.6) is 0 Å². The van der Waals surface area contributed by atoms with E-state index in [0.717, 1.165) is 0 Å². The summed E-state index contributed by atoms with van der Waals surface area (Å²) in [4.78, 5) is 22.8. The average molecular weight is 233 g/mol. The quantitative estimate of drug-likeness (QED) is 0.821. The fraction of sp³-hybridized carbons (Fsp3) is 0.167. The van der Waals surface area contributed by atoms with Gasteiger partial charge >= 0.3 is 11.9 Å². The number of pyridine rings is 1. The summed E-state index contributed by atoms with van der Waals surface area (Å²) < 4.78 is 6.46. The molecule has 0 aliphatic carbocycles. The predicted octanol–water partition coefficient (Wildman–Crippen LogP) is 1.81. The first-order chi connectivity index (χ1) is 8.15. The second-order valence-electron chi connectivity index (χ2n) is 3.44. The van der Waals surface area contributed by atoms with Crippen LogP contribution in [-0.4, -0.2) is 28.1 Å². The maximum Gasteiger partial charge on any atom is 0.341 e. The van der Waals surface area contributed by atoms with Crippen molar-refractivity contribution in [3.8, 4) is 0 Å². The Bertz CT molecular complexity index is 585. The standard InChI is InChI=1S/C12H11NO4/c1-2-17-12(16)10-8(11(14)15)7-13-6-4-3-5-9(10)13/h3-7H,2H2,1H3,(H,14,15). The lowest BCUT2D eigenvalue weighted by atomic mass is 10.1. The van der Waals surface area contributed by atoms with Gasteiger partial charge < -0.3 is 14.2 Å². The van der Waals surface area contributed by atoms with Crippen LogP contribution >= 0.6 is 0 Å². The summed E-state index contributed by atoms with van der Waals surface area (Å²) in [5.74, 6) is -1.75. The third kappa shape index (κ3) is 1.87. The summed E-state index contributed by atoms with van der Waals surface area (Å²) in [6.07, 6.45) is 3.09. The molecule has 0 aliphatic rings. The van der Waals surface area contributed by atoms with Gasteiger partial charge in [0.05, 0.1) is 23.3 Å². The molecule has 0 saturated carbocycles. The summed E-state index contributed by atoms with van der Waals surface area (Å²) >= 11 is 0. The minimum Gasteiger partial charge on any atom is -0.478 e. The number of nitrogens with zero attached hydrogens (tertiary/aromatic N) is 1. The van der Waals surface area contributed by atoms with Crippen LogP contribution in [-0.2, 0) is 4.74 Å². The summed E-state index contributed by atoms with van der Waals surface area (Å²) in [5, 5.41) is 9.06. The molecular formula is C12H11NO4. The monoisotopic (exact) mass is 233 g/mol. The zero-order valence-corrected chi connectivity index (χ0v) is 9.21. The summed E-state index contributed by atoms with van der Waals surface area (Å²) in [6, 6.07) is 5.18. The van der Waals surface area contributed by atoms with Crippen molar-refractivity contribution in [3.05, 3.63) is 41.7 Å². The first-order valence-electron chi connectivity index (χ1n) is 5.15. The van der Waals surface area contributed by atoms with Crippen molar-refractivity contribution in [2.45, 2.75) is 6.92 Å². The van der Waals surface area contributed by atoms with Gasteiger partial charge in [0.15, 0.2) is 0 Å². The number of esters is 1. The van der Waals surface area contributed by atoms with Gasteiger partial charge in [-0.3, -0.25) is 0 Å². The van der Waals surface area contributed by atoms with E-state index in [0.29, 0.717) is 5.52 Å². The number of rotatable bonds is 3. The number of fused-ring (bicyclic) bond motifs is 1. The van der Waals surface area contributed by atoms with E-state index in [-0.39, 0.29) is 17.7 Å². The molecule has 1 N–H and O–H groups in total. The van der Waals surface area contributed by atoms with Crippen molar-refractivity contribution in [1.82, 2.24) is 4.40 Å². The van der Waals surface area contributed by atoms with Gasteiger partial charge in [0.2, 0.25) is 0 Å². The smallest absolute Gasteiger partial charge is 0.341 e. The van der Waals surface area contributed by atoms with Gasteiger partial charge in [-0.05, 0) is 19.1 Å². The largest absolute Gasteiger partial charge is 0.478 e. The predicted molar refractivity (Wildman–Crippen MR) is 60.3 cm³/mol. The van der Waals surface area contributed by atoms with Gasteiger partial charge in [0, 0.05) is 12.4 Å². The molecule has 0 saturated heterocycles. The van der Waals surface area contributed by atoms with Crippen LogP contribution in [0, 0.1) is 0 Å². The molecule has 0 unspecified atom stereocenters. The second kappa shape index (κ2) is 4.29. The molecule has 0 spiro atoms. The zero-order valence-electron chi connectivity index (χ0n) is 9.21. The van der Waals surface area contributed by atoms with Gasteiger partial charge in [-0.15, -0.1) is 0 Å². The van der Waals surface area contributed by atoms with Crippen LogP contribution in [0.1, 0.15) is 27.6 Å². The molecule has 2 heterocycles. The van der Waals surface area contributed by atoms with E-state index >= 15 is 0 Å². The number of carbonyl (C=O) groups excluding carboxylic acids is 1. The molecular weight excluding hydrogens is 222 g/mol. The molecule has 5 heteroatoms. The lowest BCUT2D eigenvalue weighted by Gasteiger charge is -2.01. The van der Waals surface area contributed by atoms with Crippen LogP contribution in [0.4, 0.5) is 0 Å². The Morgan fingerprint density at radius 1 is 1.41 bits per heavy atom. The van der Waals surface area contributed by atoms with Gasteiger partial charge in [-0.25, -0.2) is 9.59 Å². The molecule has 0 bridgehead atoms. The van der Waals surface area contributed by atoms with Crippen LogP contribution in [0.15, 0.2) is 30.6 Å². The van der Waals surface area contributed by atoms with E-state index in [1.165, 1.54) is 6.20 Å². The normalized spacial score (nSPS) is 10.4. The molecule has 0 aromatic carbocycles. The van der Waals surface area contributed by atoms with E-state index in [1.54, 1.807) is 35.7 Å². The van der Waals surface area contributed by atoms with E-state index in [1.807, 2.05) is 0 Å². The number of carbonyl (C=O) groups is 2. The molecule has 17 heavy (non-hydrogen) atoms. The highest BCUT2D eigenvalue weighted by molar-refractivity contribution is 6.08. The van der Waals surface area contributed by atoms with Gasteiger partial charge in [-0.2, -0.15) is 0 Å². The Morgan fingerprint density at radius 3 is 2.82 bits per heavy atom. The van der Waals surface area contributed by atoms with E-state index in [2.05, 4.69) is 0 Å². The molecule has 0 amide bonds. The topological polar surface area (TPSA) is 68.0 Å². The number of hydrogen-bond donors (Lipinski definition) is 1. The highest BCUT2D eigenvalue weighted by Crippen LogP contribution is 2.19. The number of carboxylic acid groups (broad SMARTS) is 1. The van der Waals surface area contributed by atoms with E-state index in [9.17, 15) is 9.59 Å². The van der Waals surface area contributed by atoms with Crippen LogP contribution < -0.4 is 0 Å². The van der Waals surface area contributed by atoms with Crippen molar-refractivity contribution in [1.29, 1.82) is 0 Å². The highest BCUT2D eigenvalue weighted by Gasteiger charge is 2.22. The maximum atomic E-state index is 11.7. The van der Waals surface area contributed by atoms with Crippen molar-refractivity contribution in [2.75, 3.05) is 6.61 Å². The second-order valence-corrected chi connectivity index (χ2v) is 3.44. The Balaban J connectivity index is 2.68. The summed E-state index contributed by atoms with van der Waals surface area (Å²) in [5.41, 5.74) is 0.581. The number of hydrogen-bond acceptors (Lipinski definition) is 3. The molecule has 0 aliphatic heterocycles. The molecule has 0 atom stereocenters. The van der Waals surface area contributed by atoms with Crippen molar-refractivity contribution in [2.24, 2.45) is 0 Å². The lowest BCUT2D eigenvalue weighted by molar-refractivity contribution is 0.0517. The number of ether oxygens (including phenoxy) is 1. The maximum absolute atomic E-state index is 11.7. The molecule has 2 aromatic rings. The number of aromatic nitrogens is 1. The summed E-state index contributed by atoms with van der Waals surface area (Å²) in [7, 11) is 0. The Kier molecular flexibility index (Phi) is 2.82. The minimum absolute atomic E-state index is 0.0466. The Hall–Kier alpha value is -2.30. The van der Waals surface area contributed by atoms with Crippen molar-refractivity contribution >= 4 is 17.5 Å². The van der Waals surface area contributed by atoms with E-state index in [4.69, 9.17) is 9.84 Å². The van der Waals surface area contributed by atoms with Crippen LogP contribution in [0.2, 0.25) is 0 Å². The fourth-order valence-corrected chi connectivity index (χ4v) is 1.70. The number of aromatic carboxylic acids is 1. The first kappa shape index (κ1) is 11.2. The van der Waals surface area contributed by atoms with Crippen LogP contribution in [0.3, 0.4) is 0 Å². The minimum atomic E-state index is -1.14.